The van der Waals surface area contributed by atoms with E-state index in [-0.39, 0.29) is 5.92 Å². The molecule has 2 aromatic rings. The molecule has 7 heteroatoms. The molecule has 1 atom stereocenters. The molecule has 3 heterocycles. The van der Waals surface area contributed by atoms with E-state index in [0.717, 1.165) is 43.9 Å². The highest BCUT2D eigenvalue weighted by atomic mass is 32.2. The molecule has 138 valence electrons. The van der Waals surface area contributed by atoms with Gasteiger partial charge >= 0.3 is 0 Å². The van der Waals surface area contributed by atoms with Gasteiger partial charge in [0.1, 0.15) is 5.82 Å². The summed E-state index contributed by atoms with van der Waals surface area (Å²) >= 11 is 0. The Bertz CT molecular complexity index is 886. The van der Waals surface area contributed by atoms with Crippen molar-refractivity contribution in [1.82, 2.24) is 19.2 Å². The molecule has 0 aliphatic carbocycles. The fourth-order valence-corrected chi connectivity index (χ4v) is 5.33. The second kappa shape index (κ2) is 7.06. The monoisotopic (exact) mass is 372 g/mol. The van der Waals surface area contributed by atoms with E-state index in [1.54, 1.807) is 28.6 Å². The number of hydrogen-bond acceptors (Lipinski definition) is 5. The van der Waals surface area contributed by atoms with Crippen LogP contribution in [0.2, 0.25) is 0 Å². The third-order valence-electron chi connectivity index (χ3n) is 5.27. The van der Waals surface area contributed by atoms with E-state index in [0.29, 0.717) is 18.0 Å². The standard InChI is InChI=1S/C19H24N4O2S/c1-22-11-9-18-16(13-22)12-20-19(21-18)15-6-5-10-23(14-15)26(24,25)17-7-3-2-4-8-17/h2-4,7-8,12,15H,5-6,9-11,13-14H2,1H3. The molecule has 1 aromatic carbocycles. The zero-order valence-electron chi connectivity index (χ0n) is 15.0. The van der Waals surface area contributed by atoms with Crippen LogP contribution in [-0.2, 0) is 23.0 Å². The maximum absolute atomic E-state index is 12.9. The molecule has 26 heavy (non-hydrogen) atoms. The van der Waals surface area contributed by atoms with Crippen molar-refractivity contribution in [3.05, 3.63) is 53.6 Å². The van der Waals surface area contributed by atoms with Gasteiger partial charge in [0.25, 0.3) is 0 Å². The zero-order valence-corrected chi connectivity index (χ0v) is 15.8. The lowest BCUT2D eigenvalue weighted by Gasteiger charge is -2.32. The molecule has 0 bridgehead atoms. The van der Waals surface area contributed by atoms with Crippen molar-refractivity contribution >= 4 is 10.0 Å². The van der Waals surface area contributed by atoms with Crippen LogP contribution in [0.25, 0.3) is 0 Å². The number of sulfonamides is 1. The maximum Gasteiger partial charge on any atom is 0.243 e. The van der Waals surface area contributed by atoms with Crippen molar-refractivity contribution in [2.45, 2.75) is 36.6 Å². The second-order valence-corrected chi connectivity index (χ2v) is 9.14. The van der Waals surface area contributed by atoms with E-state index in [4.69, 9.17) is 4.98 Å². The largest absolute Gasteiger partial charge is 0.302 e. The summed E-state index contributed by atoms with van der Waals surface area (Å²) in [6.45, 7) is 2.90. The SMILES string of the molecule is CN1CCc2nc(C3CCCN(S(=O)(=O)c4ccccc4)C3)ncc2C1. The van der Waals surface area contributed by atoms with Crippen molar-refractivity contribution in [3.63, 3.8) is 0 Å². The lowest BCUT2D eigenvalue weighted by molar-refractivity contribution is 0.299. The summed E-state index contributed by atoms with van der Waals surface area (Å²) in [5.74, 6) is 0.855. The maximum atomic E-state index is 12.9. The predicted octanol–water partition coefficient (Wildman–Crippen LogP) is 2.03. The lowest BCUT2D eigenvalue weighted by atomic mass is 9.98. The molecular formula is C19H24N4O2S. The van der Waals surface area contributed by atoms with Crippen LogP contribution in [0.3, 0.4) is 0 Å². The van der Waals surface area contributed by atoms with Gasteiger partial charge < -0.3 is 4.90 Å². The Balaban J connectivity index is 1.56. The number of nitrogens with zero attached hydrogens (tertiary/aromatic N) is 4. The van der Waals surface area contributed by atoms with Crippen molar-refractivity contribution < 1.29 is 8.42 Å². The van der Waals surface area contributed by atoms with E-state index in [1.165, 1.54) is 5.56 Å². The van der Waals surface area contributed by atoms with Gasteiger partial charge in [-0.25, -0.2) is 18.4 Å². The molecule has 2 aliphatic heterocycles. The molecule has 0 radical (unpaired) electrons. The van der Waals surface area contributed by atoms with Gasteiger partial charge in [0.2, 0.25) is 10.0 Å². The van der Waals surface area contributed by atoms with Gasteiger partial charge in [0, 0.05) is 56.0 Å². The van der Waals surface area contributed by atoms with Crippen LogP contribution in [0.5, 0.6) is 0 Å². The minimum absolute atomic E-state index is 0.0622. The van der Waals surface area contributed by atoms with Crippen LogP contribution in [0, 0.1) is 0 Å². The summed E-state index contributed by atoms with van der Waals surface area (Å²) in [7, 11) is -1.35. The highest BCUT2D eigenvalue weighted by Gasteiger charge is 2.32. The van der Waals surface area contributed by atoms with Gasteiger partial charge in [-0.3, -0.25) is 0 Å². The number of fused-ring (bicyclic) bond motifs is 1. The number of rotatable bonds is 3. The molecular weight excluding hydrogens is 348 g/mol. The smallest absolute Gasteiger partial charge is 0.243 e. The van der Waals surface area contributed by atoms with Gasteiger partial charge in [0.05, 0.1) is 4.90 Å². The van der Waals surface area contributed by atoms with Gasteiger partial charge in [-0.2, -0.15) is 4.31 Å². The number of piperidine rings is 1. The number of hydrogen-bond donors (Lipinski definition) is 0. The van der Waals surface area contributed by atoms with E-state index < -0.39 is 10.0 Å². The van der Waals surface area contributed by atoms with E-state index >= 15 is 0 Å². The summed E-state index contributed by atoms with van der Waals surface area (Å²) in [6.07, 6.45) is 4.62. The van der Waals surface area contributed by atoms with Crippen LogP contribution in [-0.4, -0.2) is 54.3 Å². The average molecular weight is 372 g/mol. The summed E-state index contributed by atoms with van der Waals surface area (Å²) < 4.78 is 27.4. The van der Waals surface area contributed by atoms with Crippen LogP contribution >= 0.6 is 0 Å². The minimum atomic E-state index is -3.46. The topological polar surface area (TPSA) is 66.4 Å². The Kier molecular flexibility index (Phi) is 4.77. The third-order valence-corrected chi connectivity index (χ3v) is 7.15. The first-order chi connectivity index (χ1) is 12.5. The number of benzene rings is 1. The fourth-order valence-electron chi connectivity index (χ4n) is 3.78. The van der Waals surface area contributed by atoms with Gasteiger partial charge in [-0.15, -0.1) is 0 Å². The van der Waals surface area contributed by atoms with Crippen molar-refractivity contribution in [3.8, 4) is 0 Å². The summed E-state index contributed by atoms with van der Waals surface area (Å²) in [5, 5.41) is 0. The quantitative estimate of drug-likeness (QED) is 0.825. The third kappa shape index (κ3) is 3.39. The van der Waals surface area contributed by atoms with E-state index in [9.17, 15) is 8.42 Å². The number of likely N-dealkylation sites (N-methyl/N-ethyl adjacent to an activating group) is 1. The highest BCUT2D eigenvalue weighted by Crippen LogP contribution is 2.29. The Morgan fingerprint density at radius 1 is 1.15 bits per heavy atom. The predicted molar refractivity (Wildman–Crippen MR) is 99.2 cm³/mol. The van der Waals surface area contributed by atoms with Crippen LogP contribution < -0.4 is 0 Å². The van der Waals surface area contributed by atoms with Crippen molar-refractivity contribution in [1.29, 1.82) is 0 Å². The molecule has 6 nitrogen and oxygen atoms in total. The lowest BCUT2D eigenvalue weighted by Crippen LogP contribution is -2.39. The Hall–Kier alpha value is -1.83. The Morgan fingerprint density at radius 3 is 2.77 bits per heavy atom. The molecule has 1 saturated heterocycles. The molecule has 4 rings (SSSR count). The normalized spacial score (nSPS) is 22.1. The molecule has 1 unspecified atom stereocenters. The van der Waals surface area contributed by atoms with Crippen molar-refractivity contribution in [2.75, 3.05) is 26.7 Å². The molecule has 1 fully saturated rings. The minimum Gasteiger partial charge on any atom is -0.302 e. The van der Waals surface area contributed by atoms with Crippen molar-refractivity contribution in [2.24, 2.45) is 0 Å². The molecule has 1 aromatic heterocycles. The molecule has 0 amide bonds. The first-order valence-electron chi connectivity index (χ1n) is 9.12. The average Bonchev–Trinajstić information content (AvgIpc) is 2.68. The Morgan fingerprint density at radius 2 is 1.96 bits per heavy atom. The first-order valence-corrected chi connectivity index (χ1v) is 10.6. The zero-order chi connectivity index (χ0) is 18.1. The van der Waals surface area contributed by atoms with Crippen LogP contribution in [0.15, 0.2) is 41.4 Å². The van der Waals surface area contributed by atoms with Gasteiger partial charge in [-0.1, -0.05) is 18.2 Å². The first kappa shape index (κ1) is 17.6. The van der Waals surface area contributed by atoms with Crippen LogP contribution in [0.4, 0.5) is 0 Å². The highest BCUT2D eigenvalue weighted by molar-refractivity contribution is 7.89. The summed E-state index contributed by atoms with van der Waals surface area (Å²) in [5.41, 5.74) is 2.31. The Labute approximate surface area is 154 Å². The molecule has 0 spiro atoms. The molecule has 0 N–H and O–H groups in total. The summed E-state index contributed by atoms with van der Waals surface area (Å²) in [4.78, 5) is 12.0. The molecule has 2 aliphatic rings. The van der Waals surface area contributed by atoms with E-state index in [2.05, 4.69) is 16.9 Å². The van der Waals surface area contributed by atoms with E-state index in [1.807, 2.05) is 12.3 Å². The van der Waals surface area contributed by atoms with Gasteiger partial charge in [0.15, 0.2) is 0 Å². The molecule has 0 saturated carbocycles. The van der Waals surface area contributed by atoms with Crippen LogP contribution in [0.1, 0.15) is 35.8 Å². The van der Waals surface area contributed by atoms with Gasteiger partial charge in [-0.05, 0) is 32.0 Å². The fraction of sp³-hybridized carbons (Fsp3) is 0.474. The summed E-state index contributed by atoms with van der Waals surface area (Å²) in [6, 6.07) is 8.67. The second-order valence-electron chi connectivity index (χ2n) is 7.20. The number of aromatic nitrogens is 2.